The van der Waals surface area contributed by atoms with Gasteiger partial charge in [0, 0.05) is 54.5 Å². The van der Waals surface area contributed by atoms with Gasteiger partial charge in [-0.25, -0.2) is 0 Å². The molecule has 3 aromatic carbocycles. The van der Waals surface area contributed by atoms with E-state index in [2.05, 4.69) is 41.1 Å². The van der Waals surface area contributed by atoms with Crippen molar-refractivity contribution < 1.29 is 33.3 Å². The minimum absolute atomic E-state index is 0.102. The number of carbonyl (C=O) groups excluding carboxylic acids is 3. The van der Waals surface area contributed by atoms with Crippen molar-refractivity contribution >= 4 is 59.8 Å². The predicted molar refractivity (Wildman–Crippen MR) is 215 cm³/mol. The number of benzene rings is 3. The third kappa shape index (κ3) is 8.26. The minimum atomic E-state index is -0.301. The topological polar surface area (TPSA) is 131 Å². The maximum Gasteiger partial charge on any atom is 0.257 e. The van der Waals surface area contributed by atoms with E-state index in [4.69, 9.17) is 18.9 Å². The normalized spacial score (nSPS) is 18.6. The lowest BCUT2D eigenvalue weighted by Gasteiger charge is -2.20. The quantitative estimate of drug-likeness (QED) is 0.147. The number of fused-ring (bicyclic) bond motifs is 4. The number of ether oxygens (including phenoxy) is 4. The fraction of sp³-hybridized carbons (Fsp3) is 0.357. The van der Waals surface area contributed by atoms with Gasteiger partial charge in [0.2, 0.25) is 5.91 Å². The Morgan fingerprint density at radius 1 is 0.782 bits per heavy atom. The Balaban J connectivity index is 1.14. The first-order valence-electron chi connectivity index (χ1n) is 18.2. The predicted octanol–water partition coefficient (Wildman–Crippen LogP) is 7.26. The van der Waals surface area contributed by atoms with Gasteiger partial charge in [-0.2, -0.15) is 12.6 Å². The first-order chi connectivity index (χ1) is 26.3. The second kappa shape index (κ2) is 15.3. The summed E-state index contributed by atoms with van der Waals surface area (Å²) in [6.45, 7) is 13.2. The molecule has 286 valence electrons. The Labute approximate surface area is 326 Å². The summed E-state index contributed by atoms with van der Waals surface area (Å²) >= 11 is 4.57. The number of hydrogen-bond acceptors (Lipinski definition) is 10. The third-order valence-electron chi connectivity index (χ3n) is 9.99. The van der Waals surface area contributed by atoms with E-state index < -0.39 is 0 Å². The number of nitrogens with one attached hydrogen (secondary N) is 1. The monoisotopic (exact) mass is 763 g/mol. The second-order valence-electron chi connectivity index (χ2n) is 15.0. The zero-order valence-corrected chi connectivity index (χ0v) is 32.4. The van der Waals surface area contributed by atoms with Crippen LogP contribution in [0.5, 0.6) is 23.0 Å². The summed E-state index contributed by atoms with van der Waals surface area (Å²) in [5.74, 6) is 1.19. The number of anilines is 1. The molecule has 0 aliphatic carbocycles. The Morgan fingerprint density at radius 3 is 1.69 bits per heavy atom. The molecule has 0 radical (unpaired) electrons. The molecular formula is C42H45N5O7S. The number of aliphatic imine (C=N–C) groups is 2. The van der Waals surface area contributed by atoms with Crippen molar-refractivity contribution in [1.29, 1.82) is 0 Å². The van der Waals surface area contributed by atoms with Crippen molar-refractivity contribution in [3.63, 3.8) is 0 Å². The van der Waals surface area contributed by atoms with Crippen LogP contribution in [0, 0.1) is 0 Å². The van der Waals surface area contributed by atoms with Gasteiger partial charge in [-0.05, 0) is 60.7 Å². The van der Waals surface area contributed by atoms with Crippen molar-refractivity contribution in [2.45, 2.75) is 69.6 Å². The van der Waals surface area contributed by atoms with Gasteiger partial charge in [-0.3, -0.25) is 24.4 Å². The standard InChI is InChI=1S/C42H45N5O7S/c1-24-9-29-18-43-33-16-37(35(51-5)14-31(33)40(49)46(29)20-24)53-22-26-11-27(13-28(12-26)45-39(48)7-8-42(3,4)55)23-54-38-17-34-32(15-36(38)52-6)41(50)47-21-25(2)10-30(47)19-44-34/h11-19,29-30,55H,1-2,7-10,20-23H2,3-6H3,(H,45,48). The van der Waals surface area contributed by atoms with E-state index in [1.807, 2.05) is 32.0 Å². The highest BCUT2D eigenvalue weighted by Gasteiger charge is 2.35. The van der Waals surface area contributed by atoms with Gasteiger partial charge in [0.1, 0.15) is 13.2 Å². The van der Waals surface area contributed by atoms with Gasteiger partial charge < -0.3 is 34.1 Å². The second-order valence-corrected chi connectivity index (χ2v) is 16.2. The van der Waals surface area contributed by atoms with E-state index in [0.717, 1.165) is 22.3 Å². The molecule has 0 bridgehead atoms. The Morgan fingerprint density at radius 2 is 1.25 bits per heavy atom. The van der Waals surface area contributed by atoms with Crippen LogP contribution in [0.4, 0.5) is 17.1 Å². The molecule has 0 aromatic heterocycles. The number of amides is 3. The van der Waals surface area contributed by atoms with Gasteiger partial charge in [0.15, 0.2) is 23.0 Å². The number of methoxy groups -OCH3 is 2. The van der Waals surface area contributed by atoms with E-state index in [-0.39, 0.29) is 47.8 Å². The van der Waals surface area contributed by atoms with Crippen molar-refractivity contribution in [3.05, 3.63) is 89.0 Å². The number of thiol groups is 1. The molecule has 13 heteroatoms. The van der Waals surface area contributed by atoms with Gasteiger partial charge in [-0.1, -0.05) is 38.2 Å². The van der Waals surface area contributed by atoms with E-state index in [9.17, 15) is 14.4 Å². The molecule has 4 aliphatic heterocycles. The van der Waals surface area contributed by atoms with Crippen LogP contribution in [0.2, 0.25) is 0 Å². The SMILES string of the molecule is C=C1CC2C=Nc3cc(OCc4cc(COc5cc6c(cc5OC)C(=O)N5CC(=C)CC5C=N6)cc(NC(=O)CCC(C)(C)S)c4)c(OC)cc3C(=O)N2C1. The van der Waals surface area contributed by atoms with Crippen molar-refractivity contribution in [1.82, 2.24) is 9.80 Å². The lowest BCUT2D eigenvalue weighted by Crippen LogP contribution is -2.35. The highest BCUT2D eigenvalue weighted by Crippen LogP contribution is 2.41. The van der Waals surface area contributed by atoms with Crippen molar-refractivity contribution in [2.75, 3.05) is 32.6 Å². The van der Waals surface area contributed by atoms with Gasteiger partial charge in [0.25, 0.3) is 11.8 Å². The minimum Gasteiger partial charge on any atom is -0.493 e. The zero-order chi connectivity index (χ0) is 39.0. The third-order valence-corrected chi connectivity index (χ3v) is 10.2. The van der Waals surface area contributed by atoms with Crippen molar-refractivity contribution in [2.24, 2.45) is 9.98 Å². The summed E-state index contributed by atoms with van der Waals surface area (Å²) in [5, 5.41) is 3.02. The van der Waals surface area contributed by atoms with Crippen LogP contribution in [0.1, 0.15) is 71.4 Å². The van der Waals surface area contributed by atoms with E-state index in [0.29, 0.717) is 90.0 Å². The smallest absolute Gasteiger partial charge is 0.257 e. The Kier molecular flexibility index (Phi) is 10.5. The fourth-order valence-corrected chi connectivity index (χ4v) is 7.29. The van der Waals surface area contributed by atoms with Crippen LogP contribution in [-0.2, 0) is 18.0 Å². The molecule has 3 amide bonds. The number of hydrogen-bond donors (Lipinski definition) is 2. The van der Waals surface area contributed by atoms with Gasteiger partial charge >= 0.3 is 0 Å². The fourth-order valence-electron chi connectivity index (χ4n) is 7.18. The maximum absolute atomic E-state index is 13.5. The molecule has 7 rings (SSSR count). The average Bonchev–Trinajstić information content (AvgIpc) is 3.66. The summed E-state index contributed by atoms with van der Waals surface area (Å²) in [7, 11) is 3.05. The van der Waals surface area contributed by atoms with E-state index in [1.165, 1.54) is 14.2 Å². The molecule has 55 heavy (non-hydrogen) atoms. The summed E-state index contributed by atoms with van der Waals surface area (Å²) in [6, 6.07) is 12.1. The van der Waals surface area contributed by atoms with Crippen LogP contribution in [0.15, 0.2) is 76.8 Å². The summed E-state index contributed by atoms with van der Waals surface area (Å²) in [5.41, 5.74) is 5.89. The van der Waals surface area contributed by atoms with Crippen LogP contribution in [0.3, 0.4) is 0 Å². The van der Waals surface area contributed by atoms with Crippen LogP contribution < -0.4 is 24.3 Å². The van der Waals surface area contributed by atoms with Crippen LogP contribution in [0.25, 0.3) is 0 Å². The number of rotatable bonds is 12. The lowest BCUT2D eigenvalue weighted by atomic mass is 10.1. The highest BCUT2D eigenvalue weighted by molar-refractivity contribution is 7.81. The molecule has 1 N–H and O–H groups in total. The molecule has 2 atom stereocenters. The highest BCUT2D eigenvalue weighted by atomic mass is 32.1. The molecule has 0 saturated carbocycles. The summed E-state index contributed by atoms with van der Waals surface area (Å²) < 4.78 is 23.7. The molecule has 12 nitrogen and oxygen atoms in total. The number of nitrogens with zero attached hydrogens (tertiary/aromatic N) is 4. The molecule has 2 saturated heterocycles. The first-order valence-corrected chi connectivity index (χ1v) is 18.6. The Hall–Kier alpha value is -5.56. The van der Waals surface area contributed by atoms with E-state index >= 15 is 0 Å². The molecule has 2 unspecified atom stereocenters. The Bertz CT molecular complexity index is 2020. The van der Waals surface area contributed by atoms with Gasteiger partial charge in [0.05, 0.1) is 48.8 Å². The maximum atomic E-state index is 13.5. The number of carbonyl (C=O) groups is 3. The molecule has 2 fully saturated rings. The van der Waals surface area contributed by atoms with Crippen molar-refractivity contribution in [3.8, 4) is 23.0 Å². The first kappa shape index (κ1) is 37.7. The lowest BCUT2D eigenvalue weighted by molar-refractivity contribution is -0.116. The molecule has 3 aromatic rings. The largest absolute Gasteiger partial charge is 0.493 e. The van der Waals surface area contributed by atoms with Gasteiger partial charge in [-0.15, -0.1) is 0 Å². The molecule has 0 spiro atoms. The molecule has 4 heterocycles. The van der Waals surface area contributed by atoms with E-state index in [1.54, 1.807) is 46.5 Å². The average molecular weight is 764 g/mol. The summed E-state index contributed by atoms with van der Waals surface area (Å²) in [6.07, 6.45) is 5.81. The van der Waals surface area contributed by atoms with Crippen LogP contribution >= 0.6 is 12.6 Å². The van der Waals surface area contributed by atoms with Crippen LogP contribution in [-0.4, -0.2) is 84.1 Å². The summed E-state index contributed by atoms with van der Waals surface area (Å²) in [4.78, 5) is 52.8. The molecule has 4 aliphatic rings. The zero-order valence-electron chi connectivity index (χ0n) is 31.5. The molecular weight excluding hydrogens is 719 g/mol.